The number of nitrogens with zero attached hydrogens (tertiary/aromatic N) is 1. The van der Waals surface area contributed by atoms with Gasteiger partial charge in [0.2, 0.25) is 5.91 Å². The predicted molar refractivity (Wildman–Crippen MR) is 97.1 cm³/mol. The van der Waals surface area contributed by atoms with Crippen molar-refractivity contribution in [2.24, 2.45) is 0 Å². The summed E-state index contributed by atoms with van der Waals surface area (Å²) in [4.78, 5) is 15.2. The molecule has 1 saturated carbocycles. The molecule has 5 heteroatoms. The molecule has 0 aromatic rings. The van der Waals surface area contributed by atoms with E-state index < -0.39 is 0 Å². The maximum Gasteiger partial charge on any atom is 0.237 e. The van der Waals surface area contributed by atoms with Crippen LogP contribution in [0.5, 0.6) is 0 Å². The van der Waals surface area contributed by atoms with Crippen LogP contribution in [-0.4, -0.2) is 48.6 Å². The van der Waals surface area contributed by atoms with Crippen LogP contribution >= 0.6 is 12.4 Å². The van der Waals surface area contributed by atoms with Crippen LogP contribution in [0.1, 0.15) is 70.6 Å². The van der Waals surface area contributed by atoms with E-state index in [1.807, 2.05) is 0 Å². The van der Waals surface area contributed by atoms with Gasteiger partial charge in [-0.25, -0.2) is 0 Å². The van der Waals surface area contributed by atoms with Gasteiger partial charge in [-0.15, -0.1) is 12.4 Å². The second-order valence-corrected chi connectivity index (χ2v) is 7.55. The number of hydrogen-bond donors (Lipinski definition) is 2. The Hall–Kier alpha value is -0.320. The van der Waals surface area contributed by atoms with Crippen molar-refractivity contribution in [2.75, 3.05) is 26.2 Å². The van der Waals surface area contributed by atoms with Gasteiger partial charge in [0.25, 0.3) is 0 Å². The number of halogens is 1. The molecule has 2 saturated heterocycles. The van der Waals surface area contributed by atoms with Crippen molar-refractivity contribution >= 4 is 18.3 Å². The molecule has 0 aromatic carbocycles. The van der Waals surface area contributed by atoms with Crippen molar-refractivity contribution < 1.29 is 4.79 Å². The van der Waals surface area contributed by atoms with Crippen LogP contribution < -0.4 is 10.6 Å². The molecule has 4 nitrogen and oxygen atoms in total. The number of likely N-dealkylation sites (tertiary alicyclic amines) is 1. The summed E-state index contributed by atoms with van der Waals surface area (Å²) in [5.74, 6) is 0.238. The third-order valence-electron chi connectivity index (χ3n) is 6.03. The molecule has 23 heavy (non-hydrogen) atoms. The van der Waals surface area contributed by atoms with Gasteiger partial charge < -0.3 is 10.6 Å². The van der Waals surface area contributed by atoms with Crippen LogP contribution in [-0.2, 0) is 4.79 Å². The first kappa shape index (κ1) is 19.0. The number of carbonyl (C=O) groups is 1. The number of rotatable bonds is 4. The molecule has 2 heterocycles. The van der Waals surface area contributed by atoms with Gasteiger partial charge in [-0.05, 0) is 58.2 Å². The fourth-order valence-electron chi connectivity index (χ4n) is 4.63. The summed E-state index contributed by atoms with van der Waals surface area (Å²) in [6, 6.07) is 0.0516. The molecule has 1 atom stereocenters. The zero-order valence-corrected chi connectivity index (χ0v) is 15.3. The van der Waals surface area contributed by atoms with Gasteiger partial charge in [0.15, 0.2) is 0 Å². The van der Waals surface area contributed by atoms with Crippen LogP contribution in [0.3, 0.4) is 0 Å². The minimum atomic E-state index is 0. The summed E-state index contributed by atoms with van der Waals surface area (Å²) in [6.45, 7) is 4.33. The number of nitrogens with one attached hydrogen (secondary N) is 2. The molecule has 2 aliphatic heterocycles. The fraction of sp³-hybridized carbons (Fsp3) is 0.944. The highest BCUT2D eigenvalue weighted by atomic mass is 35.5. The fourth-order valence-corrected chi connectivity index (χ4v) is 4.63. The quantitative estimate of drug-likeness (QED) is 0.825. The molecule has 0 radical (unpaired) electrons. The average molecular weight is 344 g/mol. The SMILES string of the molecule is Cl.O=C(NCC1(N2CCCCC2)CCCCC1)[C@H]1CCCCN1. The predicted octanol–water partition coefficient (Wildman–Crippen LogP) is 2.86. The van der Waals surface area contributed by atoms with E-state index in [-0.39, 0.29) is 29.9 Å². The third-order valence-corrected chi connectivity index (χ3v) is 6.03. The number of hydrogen-bond acceptors (Lipinski definition) is 3. The van der Waals surface area contributed by atoms with Crippen molar-refractivity contribution in [2.45, 2.75) is 82.2 Å². The Bertz CT molecular complexity index is 359. The maximum atomic E-state index is 12.5. The van der Waals surface area contributed by atoms with Crippen molar-refractivity contribution in [1.82, 2.24) is 15.5 Å². The Morgan fingerprint density at radius 3 is 2.35 bits per heavy atom. The van der Waals surface area contributed by atoms with E-state index in [0.717, 1.165) is 19.5 Å². The Labute approximate surface area is 147 Å². The van der Waals surface area contributed by atoms with Gasteiger partial charge in [0, 0.05) is 12.1 Å². The summed E-state index contributed by atoms with van der Waals surface area (Å²) in [6.07, 6.45) is 14.0. The lowest BCUT2D eigenvalue weighted by atomic mass is 9.79. The zero-order chi connectivity index (χ0) is 15.3. The number of piperidine rings is 2. The Morgan fingerprint density at radius 2 is 1.70 bits per heavy atom. The molecule has 0 aromatic heterocycles. The Morgan fingerprint density at radius 1 is 1.00 bits per heavy atom. The highest BCUT2D eigenvalue weighted by Gasteiger charge is 2.39. The van der Waals surface area contributed by atoms with Crippen molar-refractivity contribution in [1.29, 1.82) is 0 Å². The highest BCUT2D eigenvalue weighted by Crippen LogP contribution is 2.35. The summed E-state index contributed by atoms with van der Waals surface area (Å²) >= 11 is 0. The minimum Gasteiger partial charge on any atom is -0.353 e. The van der Waals surface area contributed by atoms with E-state index in [1.54, 1.807) is 0 Å². The molecular formula is C18H34ClN3O. The van der Waals surface area contributed by atoms with Gasteiger partial charge in [-0.1, -0.05) is 32.1 Å². The van der Waals surface area contributed by atoms with Crippen molar-refractivity contribution in [3.8, 4) is 0 Å². The Balaban J connectivity index is 0.00000192. The molecule has 3 rings (SSSR count). The van der Waals surface area contributed by atoms with Gasteiger partial charge in [0.05, 0.1) is 6.04 Å². The van der Waals surface area contributed by atoms with Crippen molar-refractivity contribution in [3.63, 3.8) is 0 Å². The van der Waals surface area contributed by atoms with Crippen LogP contribution in [0.15, 0.2) is 0 Å². The van der Waals surface area contributed by atoms with E-state index in [9.17, 15) is 4.79 Å². The average Bonchev–Trinajstić information content (AvgIpc) is 2.62. The van der Waals surface area contributed by atoms with Gasteiger partial charge in [-0.3, -0.25) is 9.69 Å². The van der Waals surface area contributed by atoms with Crippen LogP contribution in [0.4, 0.5) is 0 Å². The van der Waals surface area contributed by atoms with Crippen LogP contribution in [0.2, 0.25) is 0 Å². The second kappa shape index (κ2) is 9.24. The minimum absolute atomic E-state index is 0. The number of amides is 1. The van der Waals surface area contributed by atoms with E-state index in [4.69, 9.17) is 0 Å². The smallest absolute Gasteiger partial charge is 0.237 e. The summed E-state index contributed by atoms with van der Waals surface area (Å²) < 4.78 is 0. The van der Waals surface area contributed by atoms with E-state index in [0.29, 0.717) is 0 Å². The van der Waals surface area contributed by atoms with E-state index in [1.165, 1.54) is 77.3 Å². The molecule has 2 N–H and O–H groups in total. The van der Waals surface area contributed by atoms with E-state index >= 15 is 0 Å². The topological polar surface area (TPSA) is 44.4 Å². The van der Waals surface area contributed by atoms with Crippen LogP contribution in [0, 0.1) is 0 Å². The van der Waals surface area contributed by atoms with Gasteiger partial charge >= 0.3 is 0 Å². The maximum absolute atomic E-state index is 12.5. The zero-order valence-electron chi connectivity index (χ0n) is 14.4. The molecule has 1 amide bonds. The first-order chi connectivity index (χ1) is 10.8. The molecule has 0 bridgehead atoms. The summed E-state index contributed by atoms with van der Waals surface area (Å²) in [7, 11) is 0. The lowest BCUT2D eigenvalue weighted by molar-refractivity contribution is -0.124. The van der Waals surface area contributed by atoms with Crippen LogP contribution in [0.25, 0.3) is 0 Å². The molecule has 3 aliphatic rings. The first-order valence-electron chi connectivity index (χ1n) is 9.56. The largest absolute Gasteiger partial charge is 0.353 e. The molecule has 134 valence electrons. The lowest BCUT2D eigenvalue weighted by Gasteiger charge is -2.48. The van der Waals surface area contributed by atoms with E-state index in [2.05, 4.69) is 15.5 Å². The summed E-state index contributed by atoms with van der Waals surface area (Å²) in [5, 5.41) is 6.69. The molecule has 0 spiro atoms. The number of carbonyl (C=O) groups excluding carboxylic acids is 1. The van der Waals surface area contributed by atoms with Gasteiger partial charge in [0.1, 0.15) is 0 Å². The normalized spacial score (nSPS) is 28.6. The Kier molecular flexibility index (Phi) is 7.64. The molecule has 0 unspecified atom stereocenters. The molecular weight excluding hydrogens is 310 g/mol. The molecule has 3 fully saturated rings. The summed E-state index contributed by atoms with van der Waals surface area (Å²) in [5.41, 5.74) is 0.253. The van der Waals surface area contributed by atoms with Crippen molar-refractivity contribution in [3.05, 3.63) is 0 Å². The highest BCUT2D eigenvalue weighted by molar-refractivity contribution is 5.85. The van der Waals surface area contributed by atoms with Gasteiger partial charge in [-0.2, -0.15) is 0 Å². The second-order valence-electron chi connectivity index (χ2n) is 7.55. The lowest BCUT2D eigenvalue weighted by Crippen LogP contribution is -2.59. The molecule has 1 aliphatic carbocycles. The third kappa shape index (κ3) is 4.83. The first-order valence-corrected chi connectivity index (χ1v) is 9.56. The monoisotopic (exact) mass is 343 g/mol. The standard InChI is InChI=1S/C18H33N3O.ClH/c22-17(16-9-3-6-12-19-16)20-15-18(10-4-1-5-11-18)21-13-7-2-8-14-21;/h16,19H,1-15H2,(H,20,22);1H/t16-;/m1./s1.